The van der Waals surface area contributed by atoms with Gasteiger partial charge in [0.2, 0.25) is 5.91 Å². The quantitative estimate of drug-likeness (QED) is 0.775. The molecule has 2 fully saturated rings. The van der Waals surface area contributed by atoms with Gasteiger partial charge in [-0.05, 0) is 57.1 Å². The lowest BCUT2D eigenvalue weighted by molar-refractivity contribution is -0.145. The Bertz CT molecular complexity index is 644. The van der Waals surface area contributed by atoms with Gasteiger partial charge in [0.1, 0.15) is 0 Å². The molecule has 27 heavy (non-hydrogen) atoms. The van der Waals surface area contributed by atoms with Crippen molar-refractivity contribution in [3.8, 4) is 0 Å². The summed E-state index contributed by atoms with van der Waals surface area (Å²) in [5.41, 5.74) is 1.13. The second kappa shape index (κ2) is 9.11. The van der Waals surface area contributed by atoms with Gasteiger partial charge >= 0.3 is 5.97 Å². The third-order valence-electron chi connectivity index (χ3n) is 6.20. The van der Waals surface area contributed by atoms with E-state index in [0.29, 0.717) is 18.8 Å². The van der Waals surface area contributed by atoms with Crippen LogP contribution in [0.1, 0.15) is 24.8 Å². The van der Waals surface area contributed by atoms with Gasteiger partial charge < -0.3 is 14.9 Å². The molecular weight excluding hydrogens is 360 g/mol. The smallest absolute Gasteiger partial charge is 0.308 e. The van der Waals surface area contributed by atoms with Crippen LogP contribution in [0.2, 0.25) is 0 Å². The zero-order chi connectivity index (χ0) is 19.3. The predicted octanol–water partition coefficient (Wildman–Crippen LogP) is 2.61. The number of likely N-dealkylation sites (tertiary alicyclic amines) is 2. The van der Waals surface area contributed by atoms with Gasteiger partial charge in [-0.15, -0.1) is 0 Å². The van der Waals surface area contributed by atoms with Crippen LogP contribution < -0.4 is 0 Å². The van der Waals surface area contributed by atoms with Gasteiger partial charge in [0, 0.05) is 18.5 Å². The molecule has 0 radical (unpaired) electrons. The van der Waals surface area contributed by atoms with Crippen molar-refractivity contribution >= 4 is 23.6 Å². The Morgan fingerprint density at radius 2 is 1.93 bits per heavy atom. The number of piperidine rings is 1. The second-order valence-corrected chi connectivity index (χ2v) is 8.76. The van der Waals surface area contributed by atoms with E-state index in [1.54, 1.807) is 4.90 Å². The first-order valence-electron chi connectivity index (χ1n) is 9.80. The van der Waals surface area contributed by atoms with E-state index in [2.05, 4.69) is 29.2 Å². The van der Waals surface area contributed by atoms with Crippen molar-refractivity contribution in [3.63, 3.8) is 0 Å². The maximum Gasteiger partial charge on any atom is 0.308 e. The van der Waals surface area contributed by atoms with E-state index in [0.717, 1.165) is 45.3 Å². The largest absolute Gasteiger partial charge is 0.481 e. The first-order chi connectivity index (χ1) is 13.0. The van der Waals surface area contributed by atoms with E-state index in [-0.39, 0.29) is 11.3 Å². The fraction of sp³-hybridized carbons (Fsp3) is 0.619. The fourth-order valence-corrected chi connectivity index (χ4v) is 5.02. The lowest BCUT2D eigenvalue weighted by Crippen LogP contribution is -2.46. The molecule has 5 nitrogen and oxygen atoms in total. The highest BCUT2D eigenvalue weighted by Crippen LogP contribution is 2.45. The zero-order valence-electron chi connectivity index (χ0n) is 16.1. The zero-order valence-corrected chi connectivity index (χ0v) is 16.9. The molecule has 0 saturated carbocycles. The number of aryl methyl sites for hydroxylation is 1. The summed E-state index contributed by atoms with van der Waals surface area (Å²) >= 11 is 1.50. The summed E-state index contributed by atoms with van der Waals surface area (Å²) in [6.45, 7) is 3.91. The average Bonchev–Trinajstić information content (AvgIpc) is 3.04. The molecule has 0 bridgehead atoms. The molecule has 1 unspecified atom stereocenters. The van der Waals surface area contributed by atoms with E-state index >= 15 is 0 Å². The summed E-state index contributed by atoms with van der Waals surface area (Å²) < 4.78 is 0. The Hall–Kier alpha value is -1.53. The Labute approximate surface area is 166 Å². The Morgan fingerprint density at radius 3 is 2.56 bits per heavy atom. The normalized spacial score (nSPS) is 22.3. The Kier molecular flexibility index (Phi) is 6.82. The van der Waals surface area contributed by atoms with Crippen LogP contribution in [0.15, 0.2) is 30.3 Å². The van der Waals surface area contributed by atoms with Gasteiger partial charge in [0.05, 0.1) is 11.7 Å². The van der Waals surface area contributed by atoms with Crippen molar-refractivity contribution in [2.24, 2.45) is 11.3 Å². The first-order valence-corrected chi connectivity index (χ1v) is 11.2. The molecule has 3 rings (SSSR count). The molecule has 2 aliphatic rings. The number of amides is 1. The standard InChI is InChI=1S/C21H30N2O3S/c1-27-15-19(24)23-14-18(20(25)26)21(16-23)9-12-22(13-10-21)11-5-8-17-6-3-2-4-7-17/h2-4,6-7,18H,5,8-16H2,1H3,(H,25,26). The number of carbonyl (C=O) groups is 2. The summed E-state index contributed by atoms with van der Waals surface area (Å²) in [7, 11) is 0. The number of thioether (sulfide) groups is 1. The van der Waals surface area contributed by atoms with Crippen LogP contribution >= 0.6 is 11.8 Å². The highest BCUT2D eigenvalue weighted by atomic mass is 32.2. The van der Waals surface area contributed by atoms with Crippen LogP contribution in [0.3, 0.4) is 0 Å². The Balaban J connectivity index is 1.52. The number of aliphatic carboxylic acids is 1. The summed E-state index contributed by atoms with van der Waals surface area (Å²) in [6.07, 6.45) is 5.86. The van der Waals surface area contributed by atoms with Gasteiger partial charge in [-0.1, -0.05) is 30.3 Å². The minimum absolute atomic E-state index is 0.0796. The monoisotopic (exact) mass is 390 g/mol. The number of carbonyl (C=O) groups excluding carboxylic acids is 1. The molecule has 1 aromatic carbocycles. The lowest BCUT2D eigenvalue weighted by atomic mass is 9.71. The van der Waals surface area contributed by atoms with E-state index in [9.17, 15) is 14.7 Å². The van der Waals surface area contributed by atoms with Crippen molar-refractivity contribution in [2.45, 2.75) is 25.7 Å². The molecule has 2 saturated heterocycles. The average molecular weight is 391 g/mol. The maximum atomic E-state index is 12.3. The minimum atomic E-state index is -0.744. The van der Waals surface area contributed by atoms with E-state index in [1.807, 2.05) is 12.3 Å². The number of benzene rings is 1. The van der Waals surface area contributed by atoms with Crippen LogP contribution in [0.5, 0.6) is 0 Å². The van der Waals surface area contributed by atoms with Crippen LogP contribution in [0, 0.1) is 11.3 Å². The van der Waals surface area contributed by atoms with Gasteiger partial charge in [-0.3, -0.25) is 9.59 Å². The van der Waals surface area contributed by atoms with Crippen LogP contribution in [-0.2, 0) is 16.0 Å². The molecule has 0 aromatic heterocycles. The summed E-state index contributed by atoms with van der Waals surface area (Å²) in [6, 6.07) is 10.5. The number of carboxylic acid groups (broad SMARTS) is 1. The fourth-order valence-electron chi connectivity index (χ4n) is 4.59. The summed E-state index contributed by atoms with van der Waals surface area (Å²) in [5.74, 6) is -0.647. The number of rotatable bonds is 7. The molecule has 0 aliphatic carbocycles. The highest BCUT2D eigenvalue weighted by Gasteiger charge is 2.52. The molecule has 2 aliphatic heterocycles. The highest BCUT2D eigenvalue weighted by molar-refractivity contribution is 7.99. The van der Waals surface area contributed by atoms with Crippen molar-refractivity contribution < 1.29 is 14.7 Å². The summed E-state index contributed by atoms with van der Waals surface area (Å²) in [4.78, 5) is 28.4. The van der Waals surface area contributed by atoms with Gasteiger partial charge in [-0.25, -0.2) is 0 Å². The molecule has 1 amide bonds. The summed E-state index contributed by atoms with van der Waals surface area (Å²) in [5, 5.41) is 9.74. The number of nitrogens with zero attached hydrogens (tertiary/aromatic N) is 2. The predicted molar refractivity (Wildman–Crippen MR) is 109 cm³/mol. The molecule has 1 aromatic rings. The minimum Gasteiger partial charge on any atom is -0.481 e. The van der Waals surface area contributed by atoms with Crippen molar-refractivity contribution in [1.29, 1.82) is 0 Å². The molecule has 148 valence electrons. The molecule has 1 spiro atoms. The van der Waals surface area contributed by atoms with Gasteiger partial charge in [0.25, 0.3) is 0 Å². The molecule has 1 atom stereocenters. The van der Waals surface area contributed by atoms with Crippen molar-refractivity contribution in [1.82, 2.24) is 9.80 Å². The second-order valence-electron chi connectivity index (χ2n) is 7.89. The van der Waals surface area contributed by atoms with Crippen molar-refractivity contribution in [3.05, 3.63) is 35.9 Å². The topological polar surface area (TPSA) is 60.9 Å². The SMILES string of the molecule is CSCC(=O)N1CC(C(=O)O)C2(CCN(CCCc3ccccc3)CC2)C1. The van der Waals surface area contributed by atoms with Crippen LogP contribution in [-0.4, -0.2) is 71.5 Å². The first kappa shape index (κ1) is 20.2. The number of hydrogen-bond donors (Lipinski definition) is 1. The third-order valence-corrected chi connectivity index (χ3v) is 6.74. The Morgan fingerprint density at radius 1 is 1.22 bits per heavy atom. The van der Waals surface area contributed by atoms with Gasteiger partial charge in [0.15, 0.2) is 0 Å². The van der Waals surface area contributed by atoms with Crippen LogP contribution in [0.25, 0.3) is 0 Å². The van der Waals surface area contributed by atoms with E-state index < -0.39 is 11.9 Å². The van der Waals surface area contributed by atoms with E-state index in [1.165, 1.54) is 17.3 Å². The third kappa shape index (κ3) is 4.85. The lowest BCUT2D eigenvalue weighted by Gasteiger charge is -2.41. The number of hydrogen-bond acceptors (Lipinski definition) is 4. The molecule has 2 heterocycles. The van der Waals surface area contributed by atoms with E-state index in [4.69, 9.17) is 0 Å². The van der Waals surface area contributed by atoms with Crippen molar-refractivity contribution in [2.75, 3.05) is 44.7 Å². The molecular formula is C21H30N2O3S. The number of carboxylic acids is 1. The molecule has 6 heteroatoms. The van der Waals surface area contributed by atoms with Gasteiger partial charge in [-0.2, -0.15) is 11.8 Å². The maximum absolute atomic E-state index is 12.3. The molecule has 1 N–H and O–H groups in total. The van der Waals surface area contributed by atoms with Crippen LogP contribution in [0.4, 0.5) is 0 Å².